The Kier molecular flexibility index (Phi) is 8.28. The lowest BCUT2D eigenvalue weighted by Gasteiger charge is -2.32. The number of nitrogens with two attached hydrogens (primary N) is 2. The Morgan fingerprint density at radius 2 is 1.87 bits per heavy atom. The molecule has 38 heavy (non-hydrogen) atoms. The normalized spacial score (nSPS) is 15.6. The summed E-state index contributed by atoms with van der Waals surface area (Å²) in [6.07, 6.45) is 1.69. The third-order valence-corrected chi connectivity index (χ3v) is 7.18. The number of hydrogen-bond acceptors (Lipinski definition) is 8. The fourth-order valence-corrected chi connectivity index (χ4v) is 5.27. The average Bonchev–Trinajstić information content (AvgIpc) is 3.54. The molecule has 10 nitrogen and oxygen atoms in total. The summed E-state index contributed by atoms with van der Waals surface area (Å²) in [4.78, 5) is 41.2. The van der Waals surface area contributed by atoms with Crippen LogP contribution in [0.2, 0.25) is 0 Å². The van der Waals surface area contributed by atoms with E-state index in [-0.39, 0.29) is 22.4 Å². The molecule has 11 heteroatoms. The van der Waals surface area contributed by atoms with E-state index < -0.39 is 23.8 Å². The summed E-state index contributed by atoms with van der Waals surface area (Å²) >= 11 is 0.769. The van der Waals surface area contributed by atoms with Gasteiger partial charge in [0.1, 0.15) is 16.7 Å². The van der Waals surface area contributed by atoms with E-state index in [1.165, 1.54) is 4.90 Å². The van der Waals surface area contributed by atoms with E-state index in [1.54, 1.807) is 31.4 Å². The first kappa shape index (κ1) is 27.1. The molecule has 2 aromatic carbocycles. The van der Waals surface area contributed by atoms with Crippen molar-refractivity contribution in [2.45, 2.75) is 38.8 Å². The zero-order chi connectivity index (χ0) is 27.4. The van der Waals surface area contributed by atoms with E-state index in [0.29, 0.717) is 30.2 Å². The van der Waals surface area contributed by atoms with Gasteiger partial charge >= 0.3 is 0 Å². The van der Waals surface area contributed by atoms with Crippen molar-refractivity contribution < 1.29 is 23.9 Å². The molecule has 0 saturated carbocycles. The van der Waals surface area contributed by atoms with Gasteiger partial charge in [-0.2, -0.15) is 4.37 Å². The number of ether oxygens (including phenoxy) is 2. The number of aryl methyl sites for hydroxylation is 2. The summed E-state index contributed by atoms with van der Waals surface area (Å²) in [5, 5.41) is 2.97. The first-order valence-corrected chi connectivity index (χ1v) is 13.0. The first-order valence-electron chi connectivity index (χ1n) is 12.2. The molecule has 2 heterocycles. The number of carbonyl (C=O) groups excluding carboxylic acids is 3. The van der Waals surface area contributed by atoms with Gasteiger partial charge in [-0.1, -0.05) is 18.2 Å². The molecule has 2 atom stereocenters. The third kappa shape index (κ3) is 5.79. The van der Waals surface area contributed by atoms with E-state index in [0.717, 1.165) is 35.5 Å². The monoisotopic (exact) mass is 537 g/mol. The Bertz CT molecular complexity index is 1310. The Morgan fingerprint density at radius 1 is 1.18 bits per heavy atom. The van der Waals surface area contributed by atoms with Crippen LogP contribution < -0.4 is 26.4 Å². The number of rotatable bonds is 9. The van der Waals surface area contributed by atoms with Crippen molar-refractivity contribution in [3.8, 4) is 5.75 Å². The second kappa shape index (κ2) is 11.6. The number of methoxy groups -OCH3 is 1. The predicted octanol–water partition coefficient (Wildman–Crippen LogP) is 3.13. The van der Waals surface area contributed by atoms with Gasteiger partial charge in [-0.3, -0.25) is 19.3 Å². The molecule has 1 aromatic heterocycles. The van der Waals surface area contributed by atoms with Crippen LogP contribution in [-0.4, -0.2) is 48.5 Å². The molecule has 1 aliphatic heterocycles. The maximum Gasteiger partial charge on any atom is 0.273 e. The van der Waals surface area contributed by atoms with Crippen molar-refractivity contribution in [2.24, 2.45) is 5.73 Å². The van der Waals surface area contributed by atoms with Crippen molar-refractivity contribution in [1.29, 1.82) is 0 Å². The van der Waals surface area contributed by atoms with Gasteiger partial charge in [0.15, 0.2) is 5.69 Å². The maximum absolute atomic E-state index is 14.2. The lowest BCUT2D eigenvalue weighted by atomic mass is 10.0. The van der Waals surface area contributed by atoms with E-state index in [1.807, 2.05) is 32.0 Å². The molecule has 5 N–H and O–H groups in total. The Balaban J connectivity index is 1.84. The molecule has 1 aliphatic rings. The number of nitrogen functional groups attached to an aromatic ring is 1. The third-order valence-electron chi connectivity index (χ3n) is 6.33. The van der Waals surface area contributed by atoms with Crippen LogP contribution in [0.4, 0.5) is 11.4 Å². The highest BCUT2D eigenvalue weighted by Gasteiger charge is 2.36. The highest BCUT2D eigenvalue weighted by Crippen LogP contribution is 2.34. The number of amides is 3. The number of aromatic nitrogens is 1. The van der Waals surface area contributed by atoms with Gasteiger partial charge in [0.05, 0.1) is 18.9 Å². The largest absolute Gasteiger partial charge is 0.497 e. The summed E-state index contributed by atoms with van der Waals surface area (Å²) in [6, 6.07) is 11.5. The van der Waals surface area contributed by atoms with Crippen LogP contribution in [0.1, 0.15) is 55.7 Å². The number of benzene rings is 2. The average molecular weight is 538 g/mol. The minimum Gasteiger partial charge on any atom is -0.497 e. The molecule has 200 valence electrons. The van der Waals surface area contributed by atoms with E-state index in [2.05, 4.69) is 9.69 Å². The molecule has 1 fully saturated rings. The molecule has 4 rings (SSSR count). The predicted molar refractivity (Wildman–Crippen MR) is 145 cm³/mol. The Morgan fingerprint density at radius 3 is 2.42 bits per heavy atom. The summed E-state index contributed by atoms with van der Waals surface area (Å²) in [5.74, 6) is -1.20. The van der Waals surface area contributed by atoms with Crippen LogP contribution in [0.15, 0.2) is 42.5 Å². The van der Waals surface area contributed by atoms with Crippen LogP contribution in [-0.2, 0) is 9.53 Å². The SMILES string of the molecule is COc1ccc([C@@H](C(=O)NC[C@H]2CCCO2)N(C(=O)c2snc(C(N)=O)c2N)c2cc(C)cc(C)c2)cc1. The van der Waals surface area contributed by atoms with Gasteiger partial charge in [-0.15, -0.1) is 0 Å². The molecular weight excluding hydrogens is 506 g/mol. The molecular formula is C27H31N5O5S. The Labute approximate surface area is 225 Å². The zero-order valence-electron chi connectivity index (χ0n) is 21.5. The molecule has 1 saturated heterocycles. The minimum absolute atomic E-state index is 0.0170. The lowest BCUT2D eigenvalue weighted by molar-refractivity contribution is -0.123. The second-order valence-electron chi connectivity index (χ2n) is 9.22. The van der Waals surface area contributed by atoms with Gasteiger partial charge < -0.3 is 26.3 Å². The van der Waals surface area contributed by atoms with Crippen molar-refractivity contribution in [3.63, 3.8) is 0 Å². The fourth-order valence-electron chi connectivity index (χ4n) is 4.53. The van der Waals surface area contributed by atoms with Crippen LogP contribution in [0.3, 0.4) is 0 Å². The summed E-state index contributed by atoms with van der Waals surface area (Å²) < 4.78 is 15.0. The lowest BCUT2D eigenvalue weighted by Crippen LogP contribution is -2.45. The minimum atomic E-state index is -1.07. The molecule has 0 spiro atoms. The van der Waals surface area contributed by atoms with Gasteiger partial charge in [-0.25, -0.2) is 0 Å². The zero-order valence-corrected chi connectivity index (χ0v) is 22.3. The number of carbonyl (C=O) groups is 3. The molecule has 3 amide bonds. The van der Waals surface area contributed by atoms with Crippen LogP contribution in [0.25, 0.3) is 0 Å². The van der Waals surface area contributed by atoms with Crippen molar-refractivity contribution >= 4 is 40.6 Å². The van der Waals surface area contributed by atoms with Crippen molar-refractivity contribution in [3.05, 3.63) is 69.7 Å². The fraction of sp³-hybridized carbons (Fsp3) is 0.333. The number of nitrogens with zero attached hydrogens (tertiary/aromatic N) is 2. The number of anilines is 2. The second-order valence-corrected chi connectivity index (χ2v) is 9.99. The molecule has 3 aromatic rings. The topological polar surface area (TPSA) is 150 Å². The Hall–Kier alpha value is -3.96. The number of nitrogens with one attached hydrogen (secondary N) is 1. The van der Waals surface area contributed by atoms with Crippen LogP contribution in [0.5, 0.6) is 5.75 Å². The van der Waals surface area contributed by atoms with Crippen molar-refractivity contribution in [1.82, 2.24) is 9.69 Å². The van der Waals surface area contributed by atoms with Crippen molar-refractivity contribution in [2.75, 3.05) is 30.9 Å². The summed E-state index contributed by atoms with van der Waals surface area (Å²) in [5.41, 5.74) is 14.1. The smallest absolute Gasteiger partial charge is 0.273 e. The van der Waals surface area contributed by atoms with Crippen LogP contribution in [0, 0.1) is 13.8 Å². The van der Waals surface area contributed by atoms with E-state index >= 15 is 0 Å². The summed E-state index contributed by atoms with van der Waals surface area (Å²) in [6.45, 7) is 4.79. The molecule has 0 radical (unpaired) electrons. The number of hydrogen-bond donors (Lipinski definition) is 3. The maximum atomic E-state index is 14.2. The van der Waals surface area contributed by atoms with Crippen LogP contribution >= 0.6 is 11.5 Å². The highest BCUT2D eigenvalue weighted by atomic mass is 32.1. The summed E-state index contributed by atoms with van der Waals surface area (Å²) in [7, 11) is 1.55. The van der Waals surface area contributed by atoms with Gasteiger partial charge in [0.25, 0.3) is 11.8 Å². The van der Waals surface area contributed by atoms with Gasteiger partial charge in [-0.05, 0) is 79.2 Å². The quantitative estimate of drug-likeness (QED) is 0.379. The molecule has 0 unspecified atom stereocenters. The van der Waals surface area contributed by atoms with Gasteiger partial charge in [0, 0.05) is 18.8 Å². The van der Waals surface area contributed by atoms with E-state index in [4.69, 9.17) is 20.9 Å². The van der Waals surface area contributed by atoms with Gasteiger partial charge in [0.2, 0.25) is 5.91 Å². The molecule has 0 aliphatic carbocycles. The standard InChI is InChI=1S/C27H31N5O5S/c1-15-11-16(2)13-18(12-15)32(27(35)24-21(28)22(25(29)33)31-38-24)23(17-6-8-19(36-3)9-7-17)26(34)30-14-20-5-4-10-37-20/h6-9,11-13,20,23H,4-5,10,14,28H2,1-3H3,(H2,29,33)(H,30,34)/t20-,23+/m1/s1. The number of primary amides is 1. The first-order chi connectivity index (χ1) is 18.2. The molecule has 0 bridgehead atoms. The highest BCUT2D eigenvalue weighted by molar-refractivity contribution is 7.09. The van der Waals surface area contributed by atoms with E-state index in [9.17, 15) is 14.4 Å².